The lowest BCUT2D eigenvalue weighted by Crippen LogP contribution is -1.86. The van der Waals surface area contributed by atoms with Gasteiger partial charge in [-0.2, -0.15) is 0 Å². The van der Waals surface area contributed by atoms with Crippen LogP contribution in [0.1, 0.15) is 12.8 Å². The molecule has 5 nitrogen and oxygen atoms in total. The third kappa shape index (κ3) is 2.19. The molecule has 1 aliphatic carbocycles. The summed E-state index contributed by atoms with van der Waals surface area (Å²) in [5.74, 6) is 0. The lowest BCUT2D eigenvalue weighted by Gasteiger charge is -2.06. The molecular weight excluding hydrogens is 178 g/mol. The smallest absolute Gasteiger partial charge is 0.326 e. The van der Waals surface area contributed by atoms with Crippen molar-refractivity contribution < 1.29 is 23.2 Å². The summed E-state index contributed by atoms with van der Waals surface area (Å²) in [6.07, 6.45) is 1.23. The van der Waals surface area contributed by atoms with E-state index in [2.05, 4.69) is 4.31 Å². The average Bonchev–Trinajstić information content (AvgIpc) is 2.35. The molecule has 0 aromatic rings. The van der Waals surface area contributed by atoms with Crippen molar-refractivity contribution in [1.82, 2.24) is 0 Å². The molecule has 10 heavy (non-hydrogen) atoms. The monoisotopic (exact) mass is 186 g/mol. The topological polar surface area (TPSA) is 83.8 Å². The van der Waals surface area contributed by atoms with E-state index in [1.54, 1.807) is 0 Å². The van der Waals surface area contributed by atoms with Gasteiger partial charge in [-0.1, -0.05) is 0 Å². The van der Waals surface area contributed by atoms with Crippen LogP contribution >= 0.6 is 15.9 Å². The van der Waals surface area contributed by atoms with Crippen LogP contribution in [0.15, 0.2) is 0 Å². The Bertz CT molecular complexity index is 197. The Morgan fingerprint density at radius 1 is 1.60 bits per heavy atom. The molecule has 2 unspecified atom stereocenters. The van der Waals surface area contributed by atoms with Gasteiger partial charge in [0.05, 0.1) is 5.66 Å². The molecule has 7 heteroatoms. The Labute approximate surface area is 58.5 Å². The van der Waals surface area contributed by atoms with Crippen LogP contribution in [0.2, 0.25) is 0 Å². The van der Waals surface area contributed by atoms with Gasteiger partial charge in [0.1, 0.15) is 0 Å². The quantitative estimate of drug-likeness (QED) is 0.634. The van der Waals surface area contributed by atoms with Gasteiger partial charge in [-0.15, -0.1) is 0 Å². The zero-order chi connectivity index (χ0) is 7.78. The zero-order valence-corrected chi connectivity index (χ0v) is 6.95. The zero-order valence-electron chi connectivity index (χ0n) is 5.06. The molecule has 60 valence electrons. The maximum atomic E-state index is 10.8. The molecule has 1 aliphatic rings. The summed E-state index contributed by atoms with van der Waals surface area (Å²) in [5, 5.41) is 0. The summed E-state index contributed by atoms with van der Waals surface area (Å²) in [4.78, 5) is 17.0. The van der Waals surface area contributed by atoms with Gasteiger partial charge in [-0.25, -0.2) is 4.31 Å². The van der Waals surface area contributed by atoms with Crippen LogP contribution in [-0.4, -0.2) is 15.4 Å². The van der Waals surface area contributed by atoms with Crippen molar-refractivity contribution in [3.63, 3.8) is 0 Å². The van der Waals surface area contributed by atoms with E-state index in [9.17, 15) is 9.13 Å². The maximum Gasteiger partial charge on any atom is 0.338 e. The van der Waals surface area contributed by atoms with Crippen molar-refractivity contribution in [2.24, 2.45) is 0 Å². The summed E-state index contributed by atoms with van der Waals surface area (Å²) in [6.45, 7) is 0. The van der Waals surface area contributed by atoms with E-state index in [1.807, 2.05) is 0 Å². The summed E-state index contributed by atoms with van der Waals surface area (Å²) in [5.41, 5.74) is -0.395. The molecule has 0 heterocycles. The lowest BCUT2D eigenvalue weighted by molar-refractivity contribution is 0.349. The SMILES string of the molecule is O=[PH](O)OP(=O)(O)C1CC1. The molecule has 0 bridgehead atoms. The molecule has 0 aliphatic heterocycles. The Hall–Kier alpha value is 0.340. The van der Waals surface area contributed by atoms with Crippen LogP contribution in [0, 0.1) is 0 Å². The van der Waals surface area contributed by atoms with E-state index in [1.165, 1.54) is 0 Å². The fourth-order valence-corrected chi connectivity index (χ4v) is 2.88. The molecule has 0 spiro atoms. The van der Waals surface area contributed by atoms with Crippen LogP contribution in [0.4, 0.5) is 0 Å². The van der Waals surface area contributed by atoms with Gasteiger partial charge in [0.25, 0.3) is 0 Å². The second kappa shape index (κ2) is 2.76. The van der Waals surface area contributed by atoms with Crippen molar-refractivity contribution in [2.45, 2.75) is 18.5 Å². The highest BCUT2D eigenvalue weighted by Crippen LogP contribution is 2.62. The summed E-state index contributed by atoms with van der Waals surface area (Å²) >= 11 is 0. The molecule has 2 N–H and O–H groups in total. The van der Waals surface area contributed by atoms with Crippen LogP contribution in [0.5, 0.6) is 0 Å². The molecule has 0 saturated heterocycles. The van der Waals surface area contributed by atoms with Crippen LogP contribution in [0.3, 0.4) is 0 Å². The van der Waals surface area contributed by atoms with Gasteiger partial charge >= 0.3 is 15.9 Å². The number of rotatable bonds is 3. The highest BCUT2D eigenvalue weighted by Gasteiger charge is 2.42. The van der Waals surface area contributed by atoms with Crippen molar-refractivity contribution in [3.8, 4) is 0 Å². The first-order valence-corrected chi connectivity index (χ1v) is 5.68. The summed E-state index contributed by atoms with van der Waals surface area (Å²) < 4.78 is 24.7. The first kappa shape index (κ1) is 8.44. The van der Waals surface area contributed by atoms with E-state index in [0.29, 0.717) is 12.8 Å². The molecular formula is C3H8O5P2. The Morgan fingerprint density at radius 2 is 2.10 bits per heavy atom. The maximum absolute atomic E-state index is 10.8. The number of hydrogen-bond acceptors (Lipinski definition) is 3. The second-order valence-electron chi connectivity index (χ2n) is 2.15. The van der Waals surface area contributed by atoms with Crippen molar-refractivity contribution in [2.75, 3.05) is 0 Å². The van der Waals surface area contributed by atoms with E-state index < -0.39 is 21.5 Å². The minimum Gasteiger partial charge on any atom is -0.326 e. The Morgan fingerprint density at radius 3 is 2.40 bits per heavy atom. The fourth-order valence-electron chi connectivity index (χ4n) is 0.587. The molecule has 0 aromatic carbocycles. The van der Waals surface area contributed by atoms with Crippen molar-refractivity contribution in [3.05, 3.63) is 0 Å². The average molecular weight is 186 g/mol. The summed E-state index contributed by atoms with van der Waals surface area (Å²) in [7, 11) is -6.99. The number of hydrogen-bond donors (Lipinski definition) is 2. The largest absolute Gasteiger partial charge is 0.338 e. The molecule has 1 saturated carbocycles. The molecule has 0 amide bonds. The standard InChI is InChI=1S/C3H8O5P2/c4-9(5)8-10(6,7)3-1-2-3/h3,9H,1-2H2,(H,4,5)(H,6,7). The minimum atomic E-state index is -3.73. The van der Waals surface area contributed by atoms with Crippen molar-refractivity contribution >= 4 is 15.9 Å². The van der Waals surface area contributed by atoms with Gasteiger partial charge in [0, 0.05) is 0 Å². The third-order valence-corrected chi connectivity index (χ3v) is 4.33. The molecule has 1 fully saturated rings. The normalized spacial score (nSPS) is 27.4. The third-order valence-electron chi connectivity index (χ3n) is 1.22. The van der Waals surface area contributed by atoms with Gasteiger partial charge in [-0.3, -0.25) is 9.13 Å². The molecule has 2 atom stereocenters. The molecule has 0 aromatic heterocycles. The van der Waals surface area contributed by atoms with Crippen LogP contribution < -0.4 is 0 Å². The Balaban J connectivity index is 2.50. The minimum absolute atomic E-state index is 0.395. The van der Waals surface area contributed by atoms with E-state index in [-0.39, 0.29) is 0 Å². The van der Waals surface area contributed by atoms with Gasteiger partial charge in [-0.05, 0) is 12.8 Å². The predicted octanol–water partition coefficient (Wildman–Crippen LogP) is 0.733. The lowest BCUT2D eigenvalue weighted by atomic mass is 11.0. The predicted molar refractivity (Wildman–Crippen MR) is 35.2 cm³/mol. The first-order valence-electron chi connectivity index (χ1n) is 2.77. The van der Waals surface area contributed by atoms with Crippen LogP contribution in [-0.2, 0) is 13.4 Å². The van der Waals surface area contributed by atoms with Gasteiger partial charge in [0.15, 0.2) is 0 Å². The van der Waals surface area contributed by atoms with Gasteiger partial charge in [0.2, 0.25) is 0 Å². The highest BCUT2D eigenvalue weighted by molar-refractivity contribution is 7.60. The summed E-state index contributed by atoms with van der Waals surface area (Å²) in [6, 6.07) is 0. The first-order chi connectivity index (χ1) is 4.52. The highest BCUT2D eigenvalue weighted by atomic mass is 31.2. The fraction of sp³-hybridized carbons (Fsp3) is 1.00. The molecule has 0 radical (unpaired) electrons. The second-order valence-corrected chi connectivity index (χ2v) is 5.27. The molecule has 1 rings (SSSR count). The van der Waals surface area contributed by atoms with E-state index >= 15 is 0 Å². The Kier molecular flexibility index (Phi) is 2.33. The van der Waals surface area contributed by atoms with Gasteiger partial charge < -0.3 is 9.79 Å². The van der Waals surface area contributed by atoms with Crippen molar-refractivity contribution in [1.29, 1.82) is 0 Å². The van der Waals surface area contributed by atoms with E-state index in [4.69, 9.17) is 9.79 Å². The van der Waals surface area contributed by atoms with Crippen LogP contribution in [0.25, 0.3) is 0 Å². The van der Waals surface area contributed by atoms with E-state index in [0.717, 1.165) is 0 Å².